The number of hydrogen-bond donors (Lipinski definition) is 2. The van der Waals surface area contributed by atoms with E-state index in [1.165, 1.54) is 22.2 Å². The van der Waals surface area contributed by atoms with Crippen molar-refractivity contribution in [2.24, 2.45) is 0 Å². The van der Waals surface area contributed by atoms with Crippen molar-refractivity contribution in [2.75, 3.05) is 0 Å². The molecule has 0 saturated heterocycles. The highest BCUT2D eigenvalue weighted by Gasteiger charge is 2.17. The van der Waals surface area contributed by atoms with Crippen LogP contribution >= 0.6 is 27.3 Å². The molecule has 0 aliphatic rings. The van der Waals surface area contributed by atoms with Crippen molar-refractivity contribution in [1.29, 1.82) is 0 Å². The van der Waals surface area contributed by atoms with Crippen LogP contribution in [0.3, 0.4) is 0 Å². The van der Waals surface area contributed by atoms with Gasteiger partial charge in [-0.05, 0) is 27.4 Å². The van der Waals surface area contributed by atoms with E-state index >= 15 is 0 Å². The fourth-order valence-electron chi connectivity index (χ4n) is 1.09. The molecule has 0 aliphatic carbocycles. The molecule has 5 nitrogen and oxygen atoms in total. The number of rotatable bonds is 3. The van der Waals surface area contributed by atoms with Gasteiger partial charge in [-0.3, -0.25) is 9.89 Å². The number of thiophene rings is 1. The van der Waals surface area contributed by atoms with Gasteiger partial charge in [0.2, 0.25) is 0 Å². The summed E-state index contributed by atoms with van der Waals surface area (Å²) in [4.78, 5) is 11.7. The SMILES string of the molecule is C=[N+](NC(=O)c1[nH]ncc1Br)c1cccs1. The molecule has 2 rings (SSSR count). The molecule has 2 aromatic heterocycles. The average Bonchev–Trinajstić information content (AvgIpc) is 2.86. The van der Waals surface area contributed by atoms with Gasteiger partial charge in [0.25, 0.3) is 5.00 Å². The third kappa shape index (κ3) is 2.20. The molecule has 0 fully saturated rings. The summed E-state index contributed by atoms with van der Waals surface area (Å²) < 4.78 is 2.03. The second-order valence-corrected chi connectivity index (χ2v) is 4.69. The zero-order chi connectivity index (χ0) is 11.5. The van der Waals surface area contributed by atoms with Crippen molar-refractivity contribution in [1.82, 2.24) is 15.6 Å². The van der Waals surface area contributed by atoms with E-state index in [0.717, 1.165) is 5.00 Å². The molecule has 2 aromatic rings. The predicted octanol–water partition coefficient (Wildman–Crippen LogP) is 1.92. The third-order valence-corrected chi connectivity index (χ3v) is 3.32. The van der Waals surface area contributed by atoms with Crippen LogP contribution in [0.15, 0.2) is 28.2 Å². The van der Waals surface area contributed by atoms with Crippen LogP contribution in [0.5, 0.6) is 0 Å². The molecule has 0 spiro atoms. The molecule has 0 aromatic carbocycles. The van der Waals surface area contributed by atoms with E-state index in [4.69, 9.17) is 0 Å². The lowest BCUT2D eigenvalue weighted by Crippen LogP contribution is -2.30. The van der Waals surface area contributed by atoms with Gasteiger partial charge < -0.3 is 0 Å². The van der Waals surface area contributed by atoms with Crippen molar-refractivity contribution < 1.29 is 9.48 Å². The summed E-state index contributed by atoms with van der Waals surface area (Å²) in [6.45, 7) is 3.72. The fourth-order valence-corrected chi connectivity index (χ4v) is 2.09. The summed E-state index contributed by atoms with van der Waals surface area (Å²) in [5.74, 6) is -0.298. The minimum Gasteiger partial charge on any atom is -0.272 e. The summed E-state index contributed by atoms with van der Waals surface area (Å²) in [6.07, 6.45) is 1.52. The average molecular weight is 300 g/mol. The minimum atomic E-state index is -0.298. The highest BCUT2D eigenvalue weighted by atomic mass is 79.9. The molecule has 7 heteroatoms. The first-order valence-electron chi connectivity index (χ1n) is 4.32. The second kappa shape index (κ2) is 4.58. The Labute approximate surface area is 104 Å². The van der Waals surface area contributed by atoms with Crippen molar-refractivity contribution >= 4 is 44.9 Å². The van der Waals surface area contributed by atoms with E-state index in [0.29, 0.717) is 10.2 Å². The summed E-state index contributed by atoms with van der Waals surface area (Å²) in [7, 11) is 0. The smallest absolute Gasteiger partial charge is 0.272 e. The van der Waals surface area contributed by atoms with Gasteiger partial charge in [-0.15, -0.1) is 5.43 Å². The second-order valence-electron chi connectivity index (χ2n) is 2.91. The van der Waals surface area contributed by atoms with Crippen LogP contribution in [-0.4, -0.2) is 27.5 Å². The Balaban J connectivity index is 2.09. The Hall–Kier alpha value is -1.47. The quantitative estimate of drug-likeness (QED) is 0.517. The minimum absolute atomic E-state index is 0.298. The lowest BCUT2D eigenvalue weighted by atomic mass is 10.4. The molecule has 0 saturated carbocycles. The standard InChI is InChI=1S/C9H7BrN4OS/c1-14(7-3-2-4-16-7)13-9(15)8-6(10)5-11-12-8/h2-5H,1H2,(H-,11,12,13,15)/p+1. The molecular formula is C9H8BrN4OS+. The van der Waals surface area contributed by atoms with Gasteiger partial charge >= 0.3 is 5.91 Å². The van der Waals surface area contributed by atoms with Crippen molar-refractivity contribution in [3.63, 3.8) is 0 Å². The fraction of sp³-hybridized carbons (Fsp3) is 0. The normalized spacial score (nSPS) is 10.1. The van der Waals surface area contributed by atoms with Crippen LogP contribution < -0.4 is 5.43 Å². The van der Waals surface area contributed by atoms with Crippen LogP contribution in [0.2, 0.25) is 0 Å². The molecule has 2 heterocycles. The summed E-state index contributed by atoms with van der Waals surface area (Å²) in [5.41, 5.74) is 2.98. The molecule has 0 atom stereocenters. The molecule has 2 N–H and O–H groups in total. The van der Waals surface area contributed by atoms with Gasteiger partial charge in [0.1, 0.15) is 5.69 Å². The number of H-pyrrole nitrogens is 1. The zero-order valence-electron chi connectivity index (χ0n) is 8.11. The maximum Gasteiger partial charge on any atom is 0.324 e. The molecule has 0 radical (unpaired) electrons. The molecular weight excluding hydrogens is 292 g/mol. The number of carbonyl (C=O) groups excluding carboxylic acids is 1. The molecule has 16 heavy (non-hydrogen) atoms. The predicted molar refractivity (Wildman–Crippen MR) is 65.1 cm³/mol. The summed E-state index contributed by atoms with van der Waals surface area (Å²) in [5, 5.41) is 9.10. The third-order valence-electron chi connectivity index (χ3n) is 1.83. The Morgan fingerprint density at radius 1 is 1.69 bits per heavy atom. The Morgan fingerprint density at radius 2 is 2.50 bits per heavy atom. The largest absolute Gasteiger partial charge is 0.324 e. The molecule has 0 aliphatic heterocycles. The highest BCUT2D eigenvalue weighted by Crippen LogP contribution is 2.17. The van der Waals surface area contributed by atoms with Gasteiger partial charge in [0, 0.05) is 6.07 Å². The van der Waals surface area contributed by atoms with E-state index in [9.17, 15) is 4.79 Å². The number of hydrogen-bond acceptors (Lipinski definition) is 3. The number of aromatic amines is 1. The van der Waals surface area contributed by atoms with Crippen LogP contribution in [0, 0.1) is 0 Å². The van der Waals surface area contributed by atoms with Gasteiger partial charge in [-0.2, -0.15) is 5.10 Å². The molecule has 0 bridgehead atoms. The Kier molecular flexibility index (Phi) is 3.16. The van der Waals surface area contributed by atoms with Crippen LogP contribution in [-0.2, 0) is 0 Å². The monoisotopic (exact) mass is 299 g/mol. The number of amides is 1. The van der Waals surface area contributed by atoms with Gasteiger partial charge in [-0.1, -0.05) is 16.0 Å². The van der Waals surface area contributed by atoms with E-state index in [1.807, 2.05) is 17.5 Å². The molecule has 1 amide bonds. The van der Waals surface area contributed by atoms with Crippen molar-refractivity contribution in [2.45, 2.75) is 0 Å². The van der Waals surface area contributed by atoms with Gasteiger partial charge in [0.05, 0.1) is 10.7 Å². The maximum atomic E-state index is 11.7. The first-order chi connectivity index (χ1) is 7.68. The summed E-state index contributed by atoms with van der Waals surface area (Å²) in [6, 6.07) is 3.75. The number of nitrogens with one attached hydrogen (secondary N) is 2. The van der Waals surface area contributed by atoms with Crippen LogP contribution in [0.4, 0.5) is 5.00 Å². The lowest BCUT2D eigenvalue weighted by molar-refractivity contribution is -0.477. The number of carbonyl (C=O) groups is 1. The van der Waals surface area contributed by atoms with E-state index < -0.39 is 0 Å². The Bertz CT molecular complexity index is 519. The number of nitrogens with zero attached hydrogens (tertiary/aromatic N) is 2. The Morgan fingerprint density at radius 3 is 3.06 bits per heavy atom. The molecule has 0 unspecified atom stereocenters. The van der Waals surface area contributed by atoms with Crippen LogP contribution in [0.1, 0.15) is 10.5 Å². The number of halogens is 1. The van der Waals surface area contributed by atoms with E-state index in [1.54, 1.807) is 0 Å². The zero-order valence-corrected chi connectivity index (χ0v) is 10.5. The van der Waals surface area contributed by atoms with Crippen LogP contribution in [0.25, 0.3) is 0 Å². The topological polar surface area (TPSA) is 60.8 Å². The van der Waals surface area contributed by atoms with Crippen molar-refractivity contribution in [3.05, 3.63) is 33.9 Å². The number of aromatic nitrogens is 2. The number of hydrazine groups is 1. The lowest BCUT2D eigenvalue weighted by Gasteiger charge is -1.98. The molecule has 82 valence electrons. The van der Waals surface area contributed by atoms with Gasteiger partial charge in [-0.25, -0.2) is 0 Å². The summed E-state index contributed by atoms with van der Waals surface area (Å²) >= 11 is 4.70. The maximum absolute atomic E-state index is 11.7. The first kappa shape index (κ1) is 11.0. The van der Waals surface area contributed by atoms with E-state index in [-0.39, 0.29) is 5.91 Å². The highest BCUT2D eigenvalue weighted by molar-refractivity contribution is 9.10. The van der Waals surface area contributed by atoms with Gasteiger partial charge in [0.15, 0.2) is 6.72 Å². The van der Waals surface area contributed by atoms with E-state index in [2.05, 4.69) is 38.3 Å². The van der Waals surface area contributed by atoms with Crippen molar-refractivity contribution in [3.8, 4) is 0 Å². The first-order valence-corrected chi connectivity index (χ1v) is 5.99. The number of hydrazone groups is 1.